The van der Waals surface area contributed by atoms with Gasteiger partial charge in [-0.25, -0.2) is 0 Å². The average Bonchev–Trinajstić information content (AvgIpc) is 3.23. The summed E-state index contributed by atoms with van der Waals surface area (Å²) in [7, 11) is 0. The van der Waals surface area contributed by atoms with Crippen LogP contribution in [-0.2, 0) is 0 Å². The number of halogens is 1. The van der Waals surface area contributed by atoms with Crippen molar-refractivity contribution in [1.82, 2.24) is 0 Å². The van der Waals surface area contributed by atoms with Gasteiger partial charge in [-0.05, 0) is 48.2 Å². The fourth-order valence-corrected chi connectivity index (χ4v) is 2.15. The number of carbonyl (C=O) groups is 1. The van der Waals surface area contributed by atoms with E-state index in [1.165, 1.54) is 0 Å². The lowest BCUT2D eigenvalue weighted by atomic mass is 10.0. The van der Waals surface area contributed by atoms with Gasteiger partial charge in [0.15, 0.2) is 6.29 Å². The second-order valence-corrected chi connectivity index (χ2v) is 5.11. The van der Waals surface area contributed by atoms with E-state index < -0.39 is 0 Å². The molecule has 0 amide bonds. The van der Waals surface area contributed by atoms with Crippen molar-refractivity contribution in [3.63, 3.8) is 0 Å². The van der Waals surface area contributed by atoms with E-state index in [2.05, 4.69) is 0 Å². The van der Waals surface area contributed by atoms with Crippen LogP contribution in [0.2, 0.25) is 5.02 Å². The lowest BCUT2D eigenvalue weighted by Gasteiger charge is -2.08. The van der Waals surface area contributed by atoms with Crippen LogP contribution in [0.5, 0.6) is 5.75 Å². The molecular weight excluding hydrogens is 260 g/mol. The molecule has 0 spiro atoms. The summed E-state index contributed by atoms with van der Waals surface area (Å²) in [6.45, 7) is 0. The summed E-state index contributed by atoms with van der Waals surface area (Å²) in [6, 6.07) is 13.4. The molecule has 1 aliphatic rings. The van der Waals surface area contributed by atoms with E-state index in [0.717, 1.165) is 36.0 Å². The predicted molar refractivity (Wildman–Crippen MR) is 75.9 cm³/mol. The third kappa shape index (κ3) is 2.79. The minimum atomic E-state index is 0.385. The minimum Gasteiger partial charge on any atom is -0.490 e. The molecule has 0 aliphatic heterocycles. The van der Waals surface area contributed by atoms with Crippen LogP contribution >= 0.6 is 11.6 Å². The number of ether oxygens (including phenoxy) is 1. The molecule has 3 heteroatoms. The van der Waals surface area contributed by atoms with E-state index >= 15 is 0 Å². The maximum Gasteiger partial charge on any atom is 0.151 e. The van der Waals surface area contributed by atoms with E-state index in [1.54, 1.807) is 6.07 Å². The van der Waals surface area contributed by atoms with Crippen LogP contribution in [0.3, 0.4) is 0 Å². The molecule has 0 heterocycles. The molecule has 0 N–H and O–H groups in total. The number of benzene rings is 2. The van der Waals surface area contributed by atoms with Gasteiger partial charge in [0.2, 0.25) is 0 Å². The van der Waals surface area contributed by atoms with Gasteiger partial charge in [-0.15, -0.1) is 0 Å². The van der Waals surface area contributed by atoms with Gasteiger partial charge in [0, 0.05) is 5.56 Å². The first-order chi connectivity index (χ1) is 9.26. The van der Waals surface area contributed by atoms with Crippen LogP contribution in [0.4, 0.5) is 0 Å². The number of hydrogen-bond donors (Lipinski definition) is 0. The van der Waals surface area contributed by atoms with E-state index in [9.17, 15) is 4.79 Å². The molecule has 0 unspecified atom stereocenters. The highest BCUT2D eigenvalue weighted by Gasteiger charge is 2.23. The highest BCUT2D eigenvalue weighted by atomic mass is 35.5. The van der Waals surface area contributed by atoms with Gasteiger partial charge in [-0.3, -0.25) is 4.79 Å². The van der Waals surface area contributed by atoms with Crippen LogP contribution in [0.15, 0.2) is 42.5 Å². The molecule has 2 aromatic rings. The topological polar surface area (TPSA) is 26.3 Å². The number of carbonyl (C=O) groups excluding carboxylic acids is 1. The van der Waals surface area contributed by atoms with Crippen LogP contribution in [0.25, 0.3) is 11.1 Å². The SMILES string of the molecule is O=Cc1ccc(-c2cccc(OC3CC3)c2)cc1Cl. The van der Waals surface area contributed by atoms with Gasteiger partial charge in [0.25, 0.3) is 0 Å². The zero-order valence-corrected chi connectivity index (χ0v) is 11.1. The average molecular weight is 273 g/mol. The molecule has 3 rings (SSSR count). The van der Waals surface area contributed by atoms with Crippen molar-refractivity contribution in [2.24, 2.45) is 0 Å². The first-order valence-corrected chi connectivity index (χ1v) is 6.66. The van der Waals surface area contributed by atoms with Crippen LogP contribution in [0, 0.1) is 0 Å². The Labute approximate surface area is 117 Å². The van der Waals surface area contributed by atoms with Gasteiger partial charge >= 0.3 is 0 Å². The minimum absolute atomic E-state index is 0.385. The second kappa shape index (κ2) is 5.06. The van der Waals surface area contributed by atoms with Gasteiger partial charge < -0.3 is 4.74 Å². The molecule has 0 bridgehead atoms. The quantitative estimate of drug-likeness (QED) is 0.773. The standard InChI is InChI=1S/C16H13ClO2/c17-16-9-12(4-5-13(16)10-18)11-2-1-3-15(8-11)19-14-6-7-14/h1-5,8-10,14H,6-7H2. The first-order valence-electron chi connectivity index (χ1n) is 6.28. The lowest BCUT2D eigenvalue weighted by molar-refractivity contribution is 0.112. The Kier molecular flexibility index (Phi) is 3.26. The molecule has 2 nitrogen and oxygen atoms in total. The summed E-state index contributed by atoms with van der Waals surface area (Å²) in [4.78, 5) is 10.8. The Bertz CT molecular complexity index is 618. The molecule has 0 atom stereocenters. The molecule has 1 saturated carbocycles. The van der Waals surface area contributed by atoms with Gasteiger partial charge in [-0.2, -0.15) is 0 Å². The molecule has 2 aromatic carbocycles. The molecule has 0 saturated heterocycles. The third-order valence-corrected chi connectivity index (χ3v) is 3.45. The van der Waals surface area contributed by atoms with Gasteiger partial charge in [0.05, 0.1) is 11.1 Å². The first kappa shape index (κ1) is 12.2. The number of rotatable bonds is 4. The molecule has 0 aromatic heterocycles. The Morgan fingerprint density at radius 3 is 2.58 bits per heavy atom. The fraction of sp³-hybridized carbons (Fsp3) is 0.188. The van der Waals surface area contributed by atoms with Crippen molar-refractivity contribution in [3.05, 3.63) is 53.1 Å². The van der Waals surface area contributed by atoms with Crippen LogP contribution < -0.4 is 4.74 Å². The van der Waals surface area contributed by atoms with Gasteiger partial charge in [0.1, 0.15) is 5.75 Å². The molecule has 1 fully saturated rings. The molecule has 0 radical (unpaired) electrons. The smallest absolute Gasteiger partial charge is 0.151 e. The number of aldehydes is 1. The van der Waals surface area contributed by atoms with Crippen molar-refractivity contribution in [3.8, 4) is 16.9 Å². The fourth-order valence-electron chi connectivity index (χ4n) is 1.93. The summed E-state index contributed by atoms with van der Waals surface area (Å²) in [6.07, 6.45) is 3.43. The monoisotopic (exact) mass is 272 g/mol. The molecular formula is C16H13ClO2. The summed E-state index contributed by atoms with van der Waals surface area (Å²) >= 11 is 6.05. The van der Waals surface area contributed by atoms with Crippen LogP contribution in [0.1, 0.15) is 23.2 Å². The Morgan fingerprint density at radius 1 is 1.11 bits per heavy atom. The maximum atomic E-state index is 10.8. The third-order valence-electron chi connectivity index (χ3n) is 3.12. The summed E-state index contributed by atoms with van der Waals surface area (Å²) in [5.41, 5.74) is 2.53. The largest absolute Gasteiger partial charge is 0.490 e. The zero-order valence-electron chi connectivity index (χ0n) is 10.3. The highest BCUT2D eigenvalue weighted by Crippen LogP contribution is 2.31. The van der Waals surface area contributed by atoms with E-state index in [0.29, 0.717) is 16.7 Å². The van der Waals surface area contributed by atoms with Gasteiger partial charge in [-0.1, -0.05) is 29.8 Å². The summed E-state index contributed by atoms with van der Waals surface area (Å²) in [5, 5.41) is 0.473. The highest BCUT2D eigenvalue weighted by molar-refractivity contribution is 6.33. The summed E-state index contributed by atoms with van der Waals surface area (Å²) < 4.78 is 5.77. The summed E-state index contributed by atoms with van der Waals surface area (Å²) in [5.74, 6) is 0.885. The molecule has 19 heavy (non-hydrogen) atoms. The van der Waals surface area contributed by atoms with E-state index in [1.807, 2.05) is 36.4 Å². The zero-order chi connectivity index (χ0) is 13.2. The van der Waals surface area contributed by atoms with Crippen molar-refractivity contribution in [1.29, 1.82) is 0 Å². The van der Waals surface area contributed by atoms with Crippen molar-refractivity contribution in [2.75, 3.05) is 0 Å². The Balaban J connectivity index is 1.91. The van der Waals surface area contributed by atoms with E-state index in [4.69, 9.17) is 16.3 Å². The molecule has 96 valence electrons. The Morgan fingerprint density at radius 2 is 1.89 bits per heavy atom. The second-order valence-electron chi connectivity index (χ2n) is 4.70. The normalized spacial score (nSPS) is 14.2. The van der Waals surface area contributed by atoms with Crippen molar-refractivity contribution in [2.45, 2.75) is 18.9 Å². The van der Waals surface area contributed by atoms with Crippen molar-refractivity contribution >= 4 is 17.9 Å². The maximum absolute atomic E-state index is 10.8. The number of hydrogen-bond acceptors (Lipinski definition) is 2. The van der Waals surface area contributed by atoms with Crippen molar-refractivity contribution < 1.29 is 9.53 Å². The predicted octanol–water partition coefficient (Wildman–Crippen LogP) is 4.36. The van der Waals surface area contributed by atoms with E-state index in [-0.39, 0.29) is 0 Å². The molecule has 1 aliphatic carbocycles. The van der Waals surface area contributed by atoms with Crippen LogP contribution in [-0.4, -0.2) is 12.4 Å². The lowest BCUT2D eigenvalue weighted by Crippen LogP contribution is -1.95. The Hall–Kier alpha value is -1.80.